The van der Waals surface area contributed by atoms with Gasteiger partial charge in [0.25, 0.3) is 5.89 Å². The van der Waals surface area contributed by atoms with E-state index in [0.717, 1.165) is 19.3 Å². The summed E-state index contributed by atoms with van der Waals surface area (Å²) in [6.45, 7) is 2.05. The quantitative estimate of drug-likeness (QED) is 0.477. The van der Waals surface area contributed by atoms with Crippen LogP contribution >= 0.6 is 0 Å². The minimum absolute atomic E-state index is 0.0649. The van der Waals surface area contributed by atoms with Crippen molar-refractivity contribution in [2.45, 2.75) is 43.7 Å². The van der Waals surface area contributed by atoms with Crippen LogP contribution < -0.4 is 4.74 Å². The Balaban J connectivity index is 1.51. The number of carbonyl (C=O) groups is 1. The number of hydrogen-bond acceptors (Lipinski definition) is 9. The molecule has 0 radical (unpaired) electrons. The number of carbonyl (C=O) groups excluding carboxylic acids is 1. The predicted octanol–water partition coefficient (Wildman–Crippen LogP) is 3.06. The minimum atomic E-state index is -3.85. The number of hydrogen-bond donors (Lipinski definition) is 0. The highest BCUT2D eigenvalue weighted by Gasteiger charge is 2.33. The van der Waals surface area contributed by atoms with E-state index >= 15 is 0 Å². The predicted molar refractivity (Wildman–Crippen MR) is 117 cm³/mol. The molecule has 1 aliphatic heterocycles. The Labute approximate surface area is 191 Å². The zero-order chi connectivity index (χ0) is 23.4. The maximum atomic E-state index is 13.3. The highest BCUT2D eigenvalue weighted by molar-refractivity contribution is 7.89. The van der Waals surface area contributed by atoms with Crippen molar-refractivity contribution < 1.29 is 27.2 Å². The van der Waals surface area contributed by atoms with Gasteiger partial charge in [-0.2, -0.15) is 9.29 Å². The monoisotopic (exact) mass is 472 g/mol. The van der Waals surface area contributed by atoms with E-state index in [2.05, 4.69) is 15.1 Å². The van der Waals surface area contributed by atoms with Crippen LogP contribution in [0.25, 0.3) is 11.4 Å². The van der Waals surface area contributed by atoms with Crippen LogP contribution in [0.5, 0.6) is 5.75 Å². The summed E-state index contributed by atoms with van der Waals surface area (Å²) in [5.74, 6) is -0.127. The molecule has 11 heteroatoms. The average molecular weight is 473 g/mol. The Morgan fingerprint density at radius 2 is 2.12 bits per heavy atom. The third-order valence-corrected chi connectivity index (χ3v) is 7.48. The molecule has 1 saturated heterocycles. The van der Waals surface area contributed by atoms with Gasteiger partial charge in [0.15, 0.2) is 6.61 Å². The van der Waals surface area contributed by atoms with Crippen LogP contribution in [0.4, 0.5) is 0 Å². The highest BCUT2D eigenvalue weighted by atomic mass is 32.2. The first kappa shape index (κ1) is 22.9. The molecule has 0 bridgehead atoms. The molecule has 0 amide bonds. The van der Waals surface area contributed by atoms with Crippen molar-refractivity contribution in [2.24, 2.45) is 0 Å². The molecule has 1 fully saturated rings. The number of benzene rings is 1. The van der Waals surface area contributed by atoms with E-state index in [1.807, 2.05) is 6.92 Å². The van der Waals surface area contributed by atoms with Crippen molar-refractivity contribution in [3.63, 3.8) is 0 Å². The van der Waals surface area contributed by atoms with E-state index in [1.54, 1.807) is 24.5 Å². The fourth-order valence-corrected chi connectivity index (χ4v) is 5.58. The number of ether oxygens (including phenoxy) is 2. The zero-order valence-corrected chi connectivity index (χ0v) is 19.1. The number of methoxy groups -OCH3 is 1. The fourth-order valence-electron chi connectivity index (χ4n) is 3.70. The molecule has 0 N–H and O–H groups in total. The lowest BCUT2D eigenvalue weighted by Gasteiger charge is -2.32. The van der Waals surface area contributed by atoms with Crippen LogP contribution in [0.3, 0.4) is 0 Å². The summed E-state index contributed by atoms with van der Waals surface area (Å²) >= 11 is 0. The first-order chi connectivity index (χ1) is 15.9. The van der Waals surface area contributed by atoms with Gasteiger partial charge in [-0.15, -0.1) is 0 Å². The Morgan fingerprint density at radius 1 is 1.27 bits per heavy atom. The molecule has 3 aromatic rings. The summed E-state index contributed by atoms with van der Waals surface area (Å²) in [6, 6.07) is 7.57. The van der Waals surface area contributed by atoms with Gasteiger partial charge in [-0.05, 0) is 50.1 Å². The second-order valence-electron chi connectivity index (χ2n) is 7.66. The largest absolute Gasteiger partial charge is 0.495 e. The van der Waals surface area contributed by atoms with Gasteiger partial charge in [0, 0.05) is 30.5 Å². The molecule has 3 heterocycles. The SMILES string of the molecule is COc1ccc(C(=O)OCc2nc(-c3cccnc3)no2)cc1S(=O)(=O)N1CCCCC1C. The second kappa shape index (κ2) is 9.67. The molecule has 2 aromatic heterocycles. The molecule has 0 spiro atoms. The number of rotatable bonds is 7. The molecule has 1 aliphatic rings. The van der Waals surface area contributed by atoms with Crippen LogP contribution in [0, 0.1) is 0 Å². The molecule has 1 atom stereocenters. The van der Waals surface area contributed by atoms with Crippen molar-refractivity contribution in [1.29, 1.82) is 0 Å². The lowest BCUT2D eigenvalue weighted by atomic mass is 10.1. The Hall–Kier alpha value is -3.31. The number of aromatic nitrogens is 3. The van der Waals surface area contributed by atoms with Crippen molar-refractivity contribution in [1.82, 2.24) is 19.4 Å². The molecule has 1 aromatic carbocycles. The highest BCUT2D eigenvalue weighted by Crippen LogP contribution is 2.32. The van der Waals surface area contributed by atoms with Gasteiger partial charge in [-0.1, -0.05) is 11.6 Å². The zero-order valence-electron chi connectivity index (χ0n) is 18.3. The number of nitrogens with zero attached hydrogens (tertiary/aromatic N) is 4. The smallest absolute Gasteiger partial charge is 0.338 e. The standard InChI is InChI=1S/C22H24N4O6S/c1-15-6-3-4-11-26(15)33(28,29)19-12-16(8-9-18(19)30-2)22(27)31-14-20-24-21(25-32-20)17-7-5-10-23-13-17/h5,7-10,12-13,15H,3-4,6,11,14H2,1-2H3. The summed E-state index contributed by atoms with van der Waals surface area (Å²) < 4.78 is 43.8. The molecular weight excluding hydrogens is 448 g/mol. The minimum Gasteiger partial charge on any atom is -0.495 e. The van der Waals surface area contributed by atoms with Crippen molar-refractivity contribution >= 4 is 16.0 Å². The topological polar surface area (TPSA) is 125 Å². The Bertz CT molecular complexity index is 1230. The first-order valence-corrected chi connectivity index (χ1v) is 11.9. The summed E-state index contributed by atoms with van der Waals surface area (Å²) in [4.78, 5) is 20.8. The molecule has 4 rings (SSSR count). The second-order valence-corrected chi connectivity index (χ2v) is 9.51. The summed E-state index contributed by atoms with van der Waals surface area (Å²) in [7, 11) is -2.46. The van der Waals surface area contributed by atoms with Crippen molar-refractivity contribution in [3.05, 3.63) is 54.2 Å². The van der Waals surface area contributed by atoms with E-state index in [-0.39, 0.29) is 34.7 Å². The third-order valence-electron chi connectivity index (χ3n) is 5.44. The average Bonchev–Trinajstić information content (AvgIpc) is 3.32. The first-order valence-electron chi connectivity index (χ1n) is 10.5. The van der Waals surface area contributed by atoms with Crippen LogP contribution in [0.1, 0.15) is 42.4 Å². The van der Waals surface area contributed by atoms with Crippen LogP contribution in [0.2, 0.25) is 0 Å². The van der Waals surface area contributed by atoms with Gasteiger partial charge in [-0.3, -0.25) is 4.98 Å². The lowest BCUT2D eigenvalue weighted by Crippen LogP contribution is -2.42. The molecule has 174 valence electrons. The maximum Gasteiger partial charge on any atom is 0.338 e. The molecule has 33 heavy (non-hydrogen) atoms. The van der Waals surface area contributed by atoms with E-state index in [0.29, 0.717) is 17.9 Å². The Kier molecular flexibility index (Phi) is 6.70. The fraction of sp³-hybridized carbons (Fsp3) is 0.364. The van der Waals surface area contributed by atoms with Gasteiger partial charge >= 0.3 is 5.97 Å². The van der Waals surface area contributed by atoms with Gasteiger partial charge in [0.05, 0.1) is 12.7 Å². The van der Waals surface area contributed by atoms with Crippen LogP contribution in [0.15, 0.2) is 52.1 Å². The molecule has 0 saturated carbocycles. The van der Waals surface area contributed by atoms with Gasteiger partial charge < -0.3 is 14.0 Å². The van der Waals surface area contributed by atoms with Gasteiger partial charge in [0.2, 0.25) is 15.8 Å². The summed E-state index contributed by atoms with van der Waals surface area (Å²) in [5, 5.41) is 3.85. The molecule has 1 unspecified atom stereocenters. The maximum absolute atomic E-state index is 13.3. The lowest BCUT2D eigenvalue weighted by molar-refractivity contribution is 0.0429. The van der Waals surface area contributed by atoms with E-state index < -0.39 is 16.0 Å². The van der Waals surface area contributed by atoms with Gasteiger partial charge in [-0.25, -0.2) is 13.2 Å². The number of sulfonamides is 1. The molecule has 10 nitrogen and oxygen atoms in total. The van der Waals surface area contributed by atoms with Crippen LogP contribution in [-0.4, -0.2) is 53.5 Å². The van der Waals surface area contributed by atoms with E-state index in [1.165, 1.54) is 29.6 Å². The molecule has 0 aliphatic carbocycles. The van der Waals surface area contributed by atoms with E-state index in [4.69, 9.17) is 14.0 Å². The van der Waals surface area contributed by atoms with E-state index in [9.17, 15) is 13.2 Å². The number of piperidine rings is 1. The molecular formula is C22H24N4O6S. The van der Waals surface area contributed by atoms with Gasteiger partial charge in [0.1, 0.15) is 10.6 Å². The van der Waals surface area contributed by atoms with Crippen molar-refractivity contribution in [2.75, 3.05) is 13.7 Å². The number of pyridine rings is 1. The Morgan fingerprint density at radius 3 is 2.85 bits per heavy atom. The number of esters is 1. The van der Waals surface area contributed by atoms with Crippen LogP contribution in [-0.2, 0) is 21.4 Å². The third kappa shape index (κ3) is 4.88. The summed E-state index contributed by atoms with van der Waals surface area (Å²) in [5.41, 5.74) is 0.738. The normalized spacial score (nSPS) is 17.0. The van der Waals surface area contributed by atoms with Crippen molar-refractivity contribution in [3.8, 4) is 17.1 Å². The summed E-state index contributed by atoms with van der Waals surface area (Å²) in [6.07, 6.45) is 5.77.